The van der Waals surface area contributed by atoms with Crippen molar-refractivity contribution >= 4 is 21.9 Å². The molecule has 3 rings (SSSR count). The van der Waals surface area contributed by atoms with Crippen LogP contribution in [0.4, 0.5) is 10.6 Å². The average molecular weight is 368 g/mol. The molecule has 3 heterocycles. The Hall–Kier alpha value is -1.74. The minimum atomic E-state index is -3.15. The van der Waals surface area contributed by atoms with Crippen molar-refractivity contribution in [1.29, 1.82) is 0 Å². The van der Waals surface area contributed by atoms with Crippen molar-refractivity contribution < 1.29 is 17.9 Å². The minimum absolute atomic E-state index is 0.0517. The first-order valence-corrected chi connectivity index (χ1v) is 10.3. The molecule has 0 N–H and O–H groups in total. The molecule has 9 heteroatoms. The lowest BCUT2D eigenvalue weighted by Crippen LogP contribution is -2.38. The first kappa shape index (κ1) is 18.1. The molecule has 25 heavy (non-hydrogen) atoms. The summed E-state index contributed by atoms with van der Waals surface area (Å²) in [6.07, 6.45) is 5.52. The zero-order valence-corrected chi connectivity index (χ0v) is 15.6. The topological polar surface area (TPSA) is 92.7 Å². The summed E-state index contributed by atoms with van der Waals surface area (Å²) in [5.41, 5.74) is 0.799. The van der Waals surface area contributed by atoms with Gasteiger partial charge in [-0.1, -0.05) is 13.8 Å². The van der Waals surface area contributed by atoms with Crippen LogP contribution in [0.2, 0.25) is 0 Å². The van der Waals surface area contributed by atoms with Crippen molar-refractivity contribution in [2.24, 2.45) is 5.92 Å². The van der Waals surface area contributed by atoms with Crippen LogP contribution in [0.25, 0.3) is 0 Å². The summed E-state index contributed by atoms with van der Waals surface area (Å²) in [4.78, 5) is 22.6. The summed E-state index contributed by atoms with van der Waals surface area (Å²) in [7, 11) is -3.15. The van der Waals surface area contributed by atoms with E-state index < -0.39 is 16.1 Å². The number of nitrogens with zero attached hydrogens (tertiary/aromatic N) is 4. The Labute approximate surface area is 148 Å². The molecule has 0 radical (unpaired) electrons. The molecule has 2 saturated heterocycles. The van der Waals surface area contributed by atoms with E-state index in [2.05, 4.69) is 9.97 Å². The van der Waals surface area contributed by atoms with Gasteiger partial charge in [-0.3, -0.25) is 9.88 Å². The quantitative estimate of drug-likeness (QED) is 0.801. The SMILES string of the molecule is CC(C)C1COC(=O)N1c1cncc(C2CCN(S(C)(=O)=O)CC2)n1. The van der Waals surface area contributed by atoms with E-state index in [1.165, 1.54) is 10.6 Å². The molecule has 0 aromatic carbocycles. The van der Waals surface area contributed by atoms with Crippen LogP contribution in [0.15, 0.2) is 12.4 Å². The average Bonchev–Trinajstić information content (AvgIpc) is 2.96. The standard InChI is InChI=1S/C16H24N4O4S/c1-11(2)14-10-24-16(21)20(14)15-9-17-8-13(18-15)12-4-6-19(7-5-12)25(3,22)23/h8-9,11-12,14H,4-7,10H2,1-3H3. The fourth-order valence-corrected chi connectivity index (χ4v) is 4.23. The van der Waals surface area contributed by atoms with E-state index in [1.54, 1.807) is 17.3 Å². The van der Waals surface area contributed by atoms with Gasteiger partial charge in [-0.05, 0) is 18.8 Å². The van der Waals surface area contributed by atoms with Gasteiger partial charge in [-0.2, -0.15) is 0 Å². The Kier molecular flexibility index (Phi) is 4.97. The molecule has 1 amide bonds. The largest absolute Gasteiger partial charge is 0.447 e. The Balaban J connectivity index is 1.77. The summed E-state index contributed by atoms with van der Waals surface area (Å²) >= 11 is 0. The highest BCUT2D eigenvalue weighted by molar-refractivity contribution is 7.88. The number of aromatic nitrogens is 2. The van der Waals surface area contributed by atoms with E-state index >= 15 is 0 Å². The zero-order chi connectivity index (χ0) is 18.2. The van der Waals surface area contributed by atoms with Gasteiger partial charge in [0.2, 0.25) is 10.0 Å². The number of rotatable bonds is 4. The van der Waals surface area contributed by atoms with Crippen molar-refractivity contribution in [2.45, 2.75) is 38.6 Å². The summed E-state index contributed by atoms with van der Waals surface area (Å²) in [6, 6.07) is -0.0517. The molecule has 0 bridgehead atoms. The number of amides is 1. The van der Waals surface area contributed by atoms with Crippen LogP contribution in [-0.2, 0) is 14.8 Å². The van der Waals surface area contributed by atoms with Gasteiger partial charge in [0.05, 0.1) is 24.2 Å². The molecule has 1 atom stereocenters. The molecule has 2 fully saturated rings. The van der Waals surface area contributed by atoms with Gasteiger partial charge in [-0.15, -0.1) is 0 Å². The van der Waals surface area contributed by atoms with E-state index in [9.17, 15) is 13.2 Å². The molecule has 8 nitrogen and oxygen atoms in total. The van der Waals surface area contributed by atoms with Crippen LogP contribution in [0, 0.1) is 5.92 Å². The number of carbonyl (C=O) groups excluding carboxylic acids is 1. The molecule has 0 spiro atoms. The molecule has 0 aliphatic carbocycles. The van der Waals surface area contributed by atoms with Gasteiger partial charge in [0.15, 0.2) is 5.82 Å². The Morgan fingerprint density at radius 3 is 2.52 bits per heavy atom. The Bertz CT molecular complexity index is 744. The van der Waals surface area contributed by atoms with E-state index in [1.807, 2.05) is 13.8 Å². The monoisotopic (exact) mass is 368 g/mol. The van der Waals surface area contributed by atoms with Crippen molar-refractivity contribution in [2.75, 3.05) is 30.9 Å². The van der Waals surface area contributed by atoms with Crippen LogP contribution in [-0.4, -0.2) is 60.8 Å². The maximum absolute atomic E-state index is 12.1. The molecule has 138 valence electrons. The van der Waals surface area contributed by atoms with Crippen LogP contribution in [0.5, 0.6) is 0 Å². The lowest BCUT2D eigenvalue weighted by Gasteiger charge is -2.30. The Morgan fingerprint density at radius 1 is 1.24 bits per heavy atom. The molecular formula is C16H24N4O4S. The van der Waals surface area contributed by atoms with E-state index in [4.69, 9.17) is 4.74 Å². The third-order valence-electron chi connectivity index (χ3n) is 4.90. The third kappa shape index (κ3) is 3.77. The second kappa shape index (κ2) is 6.87. The number of ether oxygens (including phenoxy) is 1. The molecule has 0 saturated carbocycles. The predicted molar refractivity (Wildman–Crippen MR) is 92.9 cm³/mol. The summed E-state index contributed by atoms with van der Waals surface area (Å²) < 4.78 is 29.9. The molecule has 2 aliphatic rings. The number of hydrogen-bond acceptors (Lipinski definition) is 6. The van der Waals surface area contributed by atoms with Gasteiger partial charge in [-0.25, -0.2) is 22.5 Å². The first-order chi connectivity index (χ1) is 11.8. The van der Waals surface area contributed by atoms with E-state index in [0.717, 1.165) is 5.69 Å². The summed E-state index contributed by atoms with van der Waals surface area (Å²) in [5.74, 6) is 0.890. The zero-order valence-electron chi connectivity index (χ0n) is 14.8. The van der Waals surface area contributed by atoms with Gasteiger partial charge < -0.3 is 4.74 Å². The molecule has 1 aromatic heterocycles. The smallest absolute Gasteiger partial charge is 0.415 e. The number of cyclic esters (lactones) is 1. The minimum Gasteiger partial charge on any atom is -0.447 e. The van der Waals surface area contributed by atoms with Crippen molar-refractivity contribution in [1.82, 2.24) is 14.3 Å². The molecule has 1 unspecified atom stereocenters. The number of hydrogen-bond donors (Lipinski definition) is 0. The van der Waals surface area contributed by atoms with Crippen LogP contribution < -0.4 is 4.90 Å². The number of sulfonamides is 1. The van der Waals surface area contributed by atoms with Crippen molar-refractivity contribution in [3.05, 3.63) is 18.1 Å². The van der Waals surface area contributed by atoms with E-state index in [-0.39, 0.29) is 17.9 Å². The van der Waals surface area contributed by atoms with Crippen molar-refractivity contribution in [3.63, 3.8) is 0 Å². The summed E-state index contributed by atoms with van der Waals surface area (Å²) in [5, 5.41) is 0. The van der Waals surface area contributed by atoms with Gasteiger partial charge in [0, 0.05) is 25.2 Å². The highest BCUT2D eigenvalue weighted by Gasteiger charge is 2.37. The highest BCUT2D eigenvalue weighted by atomic mass is 32.2. The second-order valence-corrected chi connectivity index (χ2v) is 8.98. The summed E-state index contributed by atoms with van der Waals surface area (Å²) in [6.45, 7) is 5.40. The molecular weight excluding hydrogens is 344 g/mol. The normalized spacial score (nSPS) is 23.3. The molecule has 2 aliphatic heterocycles. The predicted octanol–water partition coefficient (Wildman–Crippen LogP) is 1.60. The second-order valence-electron chi connectivity index (χ2n) is 7.00. The lowest BCUT2D eigenvalue weighted by molar-refractivity contribution is 0.177. The van der Waals surface area contributed by atoms with Crippen LogP contribution >= 0.6 is 0 Å². The number of carbonyl (C=O) groups is 1. The maximum atomic E-state index is 12.1. The number of piperidine rings is 1. The highest BCUT2D eigenvalue weighted by Crippen LogP contribution is 2.30. The lowest BCUT2D eigenvalue weighted by atomic mass is 9.95. The number of anilines is 1. The Morgan fingerprint density at radius 2 is 1.92 bits per heavy atom. The van der Waals surface area contributed by atoms with Crippen LogP contribution in [0.1, 0.15) is 38.3 Å². The first-order valence-electron chi connectivity index (χ1n) is 8.50. The van der Waals surface area contributed by atoms with Crippen molar-refractivity contribution in [3.8, 4) is 0 Å². The van der Waals surface area contributed by atoms with Gasteiger partial charge in [0.25, 0.3) is 0 Å². The van der Waals surface area contributed by atoms with Crippen LogP contribution in [0.3, 0.4) is 0 Å². The van der Waals surface area contributed by atoms with Gasteiger partial charge in [0.1, 0.15) is 6.61 Å². The fraction of sp³-hybridized carbons (Fsp3) is 0.688. The molecule has 1 aromatic rings. The van der Waals surface area contributed by atoms with Gasteiger partial charge >= 0.3 is 6.09 Å². The maximum Gasteiger partial charge on any atom is 0.415 e. The van der Waals surface area contributed by atoms with E-state index in [0.29, 0.717) is 38.4 Å². The fourth-order valence-electron chi connectivity index (χ4n) is 3.36. The third-order valence-corrected chi connectivity index (χ3v) is 6.21.